The molecule has 1 amide bonds. The van der Waals surface area contributed by atoms with Crippen molar-refractivity contribution in [3.05, 3.63) is 57.8 Å². The number of rotatable bonds is 8. The number of carbonyl (C=O) groups excluding carboxylic acids is 1. The molecule has 0 fully saturated rings. The second-order valence-electron chi connectivity index (χ2n) is 5.38. The summed E-state index contributed by atoms with van der Waals surface area (Å²) in [6, 6.07) is 5.68. The van der Waals surface area contributed by atoms with Crippen LogP contribution in [0.4, 0.5) is 24.5 Å². The number of methoxy groups -OCH3 is 1. The Hall–Kier alpha value is -2.14. The van der Waals surface area contributed by atoms with Gasteiger partial charge in [-0.25, -0.2) is 18.7 Å². The van der Waals surface area contributed by atoms with Crippen molar-refractivity contribution >= 4 is 33.2 Å². The van der Waals surface area contributed by atoms with Gasteiger partial charge in [0.2, 0.25) is 0 Å². The number of benzene rings is 2. The van der Waals surface area contributed by atoms with Gasteiger partial charge in [-0.15, -0.1) is 0 Å². The van der Waals surface area contributed by atoms with Crippen LogP contribution in [-0.2, 0) is 9.57 Å². The SMILES string of the molecule is COCC(O)CONC(=O)c1ccc(F)c(F)c1Nc1ccc(Br)cc1F. The first-order valence-corrected chi connectivity index (χ1v) is 8.42. The van der Waals surface area contributed by atoms with Crippen LogP contribution in [0.25, 0.3) is 0 Å². The van der Waals surface area contributed by atoms with E-state index >= 15 is 0 Å². The number of anilines is 2. The maximum atomic E-state index is 14.2. The van der Waals surface area contributed by atoms with E-state index in [1.54, 1.807) is 0 Å². The molecule has 0 aromatic heterocycles. The number of carbonyl (C=O) groups is 1. The Morgan fingerprint density at radius 2 is 1.93 bits per heavy atom. The molecule has 0 aliphatic carbocycles. The third kappa shape index (κ3) is 5.67. The van der Waals surface area contributed by atoms with Gasteiger partial charge in [0.15, 0.2) is 11.6 Å². The zero-order chi connectivity index (χ0) is 20.0. The van der Waals surface area contributed by atoms with Gasteiger partial charge in [0.25, 0.3) is 5.91 Å². The number of halogens is 4. The number of hydroxylamine groups is 1. The standard InChI is InChI=1S/C17H16BrF3N2O4/c1-26-7-10(24)8-27-23-17(25)11-3-4-12(19)15(21)16(11)22-14-5-2-9(18)6-13(14)20/h2-6,10,22,24H,7-8H2,1H3,(H,23,25). The highest BCUT2D eigenvalue weighted by molar-refractivity contribution is 9.10. The van der Waals surface area contributed by atoms with Gasteiger partial charge in [0.05, 0.1) is 23.5 Å². The molecule has 3 N–H and O–H groups in total. The fourth-order valence-corrected chi connectivity index (χ4v) is 2.42. The summed E-state index contributed by atoms with van der Waals surface area (Å²) in [5, 5.41) is 11.8. The van der Waals surface area contributed by atoms with Crippen LogP contribution in [0.5, 0.6) is 0 Å². The molecule has 6 nitrogen and oxygen atoms in total. The summed E-state index contributed by atoms with van der Waals surface area (Å²) < 4.78 is 47.0. The van der Waals surface area contributed by atoms with Crippen molar-refractivity contribution in [2.24, 2.45) is 0 Å². The molecule has 0 spiro atoms. The highest BCUT2D eigenvalue weighted by atomic mass is 79.9. The fraction of sp³-hybridized carbons (Fsp3) is 0.235. The van der Waals surface area contributed by atoms with E-state index in [1.807, 2.05) is 5.48 Å². The summed E-state index contributed by atoms with van der Waals surface area (Å²) in [5.41, 5.74) is 0.959. The smallest absolute Gasteiger partial charge is 0.277 e. The average Bonchev–Trinajstić information content (AvgIpc) is 2.61. The zero-order valence-electron chi connectivity index (χ0n) is 14.1. The third-order valence-corrected chi connectivity index (χ3v) is 3.82. The molecule has 1 unspecified atom stereocenters. The summed E-state index contributed by atoms with van der Waals surface area (Å²) in [5.74, 6) is -4.23. The maximum Gasteiger partial charge on any atom is 0.277 e. The van der Waals surface area contributed by atoms with E-state index < -0.39 is 35.2 Å². The van der Waals surface area contributed by atoms with Gasteiger partial charge in [0.1, 0.15) is 18.5 Å². The Morgan fingerprint density at radius 3 is 2.59 bits per heavy atom. The second kappa shape index (κ2) is 9.70. The number of amides is 1. The molecule has 0 heterocycles. The molecule has 0 aliphatic heterocycles. The van der Waals surface area contributed by atoms with E-state index in [4.69, 9.17) is 9.57 Å². The third-order valence-electron chi connectivity index (χ3n) is 3.33. The minimum absolute atomic E-state index is 0.0172. The maximum absolute atomic E-state index is 14.2. The average molecular weight is 449 g/mol. The van der Waals surface area contributed by atoms with Crippen molar-refractivity contribution in [2.45, 2.75) is 6.10 Å². The van der Waals surface area contributed by atoms with Gasteiger partial charge in [-0.1, -0.05) is 15.9 Å². The van der Waals surface area contributed by atoms with E-state index in [9.17, 15) is 23.1 Å². The molecule has 0 bridgehead atoms. The molecule has 1 atom stereocenters. The van der Waals surface area contributed by atoms with Crippen LogP contribution in [0.3, 0.4) is 0 Å². The van der Waals surface area contributed by atoms with E-state index in [0.717, 1.165) is 18.2 Å². The fourth-order valence-electron chi connectivity index (χ4n) is 2.09. The largest absolute Gasteiger partial charge is 0.388 e. The van der Waals surface area contributed by atoms with Crippen molar-refractivity contribution in [3.8, 4) is 0 Å². The number of ether oxygens (including phenoxy) is 1. The number of aliphatic hydroxyl groups is 1. The summed E-state index contributed by atoms with van der Waals surface area (Å²) >= 11 is 3.08. The predicted molar refractivity (Wildman–Crippen MR) is 95.0 cm³/mol. The van der Waals surface area contributed by atoms with E-state index in [0.29, 0.717) is 4.47 Å². The first kappa shape index (κ1) is 21.2. The van der Waals surface area contributed by atoms with Crippen molar-refractivity contribution in [3.63, 3.8) is 0 Å². The van der Waals surface area contributed by atoms with E-state index in [1.165, 1.54) is 19.2 Å². The molecular formula is C17H16BrF3N2O4. The van der Waals surface area contributed by atoms with Crippen LogP contribution in [0.15, 0.2) is 34.8 Å². The normalized spacial score (nSPS) is 11.9. The molecule has 0 radical (unpaired) electrons. The first-order valence-electron chi connectivity index (χ1n) is 7.62. The lowest BCUT2D eigenvalue weighted by Gasteiger charge is -2.15. The van der Waals surface area contributed by atoms with Crippen LogP contribution in [0.2, 0.25) is 0 Å². The summed E-state index contributed by atoms with van der Waals surface area (Å²) in [6.07, 6.45) is -0.991. The van der Waals surface area contributed by atoms with Crippen molar-refractivity contribution in [1.82, 2.24) is 5.48 Å². The number of hydrogen-bond donors (Lipinski definition) is 3. The number of aliphatic hydroxyl groups excluding tert-OH is 1. The summed E-state index contributed by atoms with van der Waals surface area (Å²) in [7, 11) is 1.38. The van der Waals surface area contributed by atoms with Gasteiger partial charge in [-0.3, -0.25) is 9.63 Å². The lowest BCUT2D eigenvalue weighted by molar-refractivity contribution is -0.0365. The number of hydrogen-bond acceptors (Lipinski definition) is 5. The molecule has 0 saturated carbocycles. The minimum Gasteiger partial charge on any atom is -0.388 e. The van der Waals surface area contributed by atoms with Gasteiger partial charge < -0.3 is 15.2 Å². The lowest BCUT2D eigenvalue weighted by Crippen LogP contribution is -2.30. The van der Waals surface area contributed by atoms with Crippen LogP contribution in [0.1, 0.15) is 10.4 Å². The van der Waals surface area contributed by atoms with Crippen molar-refractivity contribution in [2.75, 3.05) is 25.6 Å². The molecule has 146 valence electrons. The topological polar surface area (TPSA) is 79.8 Å². The number of nitrogens with one attached hydrogen (secondary N) is 2. The predicted octanol–water partition coefficient (Wildman–Crippen LogP) is 3.28. The second-order valence-corrected chi connectivity index (χ2v) is 6.30. The monoisotopic (exact) mass is 448 g/mol. The molecular weight excluding hydrogens is 433 g/mol. The van der Waals surface area contributed by atoms with Crippen molar-refractivity contribution < 1.29 is 32.6 Å². The Labute approximate surface area is 161 Å². The quantitative estimate of drug-likeness (QED) is 0.540. The summed E-state index contributed by atoms with van der Waals surface area (Å²) in [4.78, 5) is 17.0. The van der Waals surface area contributed by atoms with Gasteiger partial charge in [-0.05, 0) is 30.3 Å². The molecule has 0 saturated heterocycles. The van der Waals surface area contributed by atoms with Gasteiger partial charge >= 0.3 is 0 Å². The lowest BCUT2D eigenvalue weighted by atomic mass is 10.1. The molecule has 0 aliphatic rings. The van der Waals surface area contributed by atoms with Crippen LogP contribution in [0, 0.1) is 17.5 Å². The zero-order valence-corrected chi connectivity index (χ0v) is 15.6. The van der Waals surface area contributed by atoms with Crippen LogP contribution in [-0.4, -0.2) is 37.4 Å². The Balaban J connectivity index is 2.21. The Kier molecular flexibility index (Phi) is 7.60. The van der Waals surface area contributed by atoms with E-state index in [-0.39, 0.29) is 24.5 Å². The minimum atomic E-state index is -1.36. The first-order chi connectivity index (χ1) is 12.8. The molecule has 2 rings (SSSR count). The molecule has 2 aromatic rings. The molecule has 10 heteroatoms. The highest BCUT2D eigenvalue weighted by Gasteiger charge is 2.20. The highest BCUT2D eigenvalue weighted by Crippen LogP contribution is 2.29. The molecule has 27 heavy (non-hydrogen) atoms. The van der Waals surface area contributed by atoms with Crippen LogP contribution >= 0.6 is 15.9 Å². The van der Waals surface area contributed by atoms with E-state index in [2.05, 4.69) is 21.2 Å². The Bertz CT molecular complexity index is 823. The van der Waals surface area contributed by atoms with Gasteiger partial charge in [-0.2, -0.15) is 0 Å². The van der Waals surface area contributed by atoms with Gasteiger partial charge in [0, 0.05) is 11.6 Å². The molecule has 2 aromatic carbocycles. The van der Waals surface area contributed by atoms with Crippen LogP contribution < -0.4 is 10.8 Å². The summed E-state index contributed by atoms with van der Waals surface area (Å²) in [6.45, 7) is -0.302. The Morgan fingerprint density at radius 1 is 1.19 bits per heavy atom. The van der Waals surface area contributed by atoms with Crippen molar-refractivity contribution in [1.29, 1.82) is 0 Å².